The number of aryl methyl sites for hydroxylation is 2. The fourth-order valence-corrected chi connectivity index (χ4v) is 3.07. The van der Waals surface area contributed by atoms with E-state index in [0.717, 1.165) is 23.5 Å². The van der Waals surface area contributed by atoms with Gasteiger partial charge < -0.3 is 5.32 Å². The Kier molecular flexibility index (Phi) is 4.12. The first kappa shape index (κ1) is 17.4. The number of carbonyl (C=O) groups is 1. The number of hydrogen-bond acceptors (Lipinski definition) is 6. The lowest BCUT2D eigenvalue weighted by molar-refractivity contribution is 0.102. The monoisotopic (exact) mass is 375 g/mol. The Bertz CT molecular complexity index is 1240. The van der Waals surface area contributed by atoms with Gasteiger partial charge in [-0.05, 0) is 19.9 Å². The van der Waals surface area contributed by atoms with Crippen molar-refractivity contribution in [1.29, 1.82) is 5.26 Å². The molecule has 1 amide bonds. The zero-order chi connectivity index (χ0) is 19.8. The molecule has 0 aliphatic rings. The van der Waals surface area contributed by atoms with Gasteiger partial charge in [0.05, 0.1) is 18.1 Å². The first-order valence-electron chi connectivity index (χ1n) is 8.64. The Hall–Kier alpha value is -4.00. The molecule has 0 saturated carbocycles. The van der Waals surface area contributed by atoms with Crippen LogP contribution in [0.2, 0.25) is 0 Å². The van der Waals surface area contributed by atoms with E-state index >= 15 is 0 Å². The summed E-state index contributed by atoms with van der Waals surface area (Å²) in [7, 11) is 1.65. The van der Waals surface area contributed by atoms with Crippen molar-refractivity contribution in [3.05, 3.63) is 47.7 Å². The highest BCUT2D eigenvalue weighted by molar-refractivity contribution is 6.03. The highest BCUT2D eigenvalue weighted by Gasteiger charge is 2.19. The first-order valence-corrected chi connectivity index (χ1v) is 8.64. The van der Waals surface area contributed by atoms with E-state index < -0.39 is 5.91 Å². The fraction of sp³-hybridized carbons (Fsp3) is 0.222. The van der Waals surface area contributed by atoms with Crippen molar-refractivity contribution >= 4 is 17.4 Å². The van der Waals surface area contributed by atoms with E-state index in [0.29, 0.717) is 11.5 Å². The second-order valence-electron chi connectivity index (χ2n) is 6.19. The Morgan fingerprint density at radius 2 is 2.14 bits per heavy atom. The van der Waals surface area contributed by atoms with Crippen molar-refractivity contribution < 1.29 is 4.79 Å². The van der Waals surface area contributed by atoms with E-state index in [2.05, 4.69) is 25.6 Å². The van der Waals surface area contributed by atoms with Crippen LogP contribution in [0.25, 0.3) is 16.9 Å². The minimum atomic E-state index is -0.447. The van der Waals surface area contributed by atoms with Crippen LogP contribution in [0.15, 0.2) is 30.7 Å². The third-order valence-corrected chi connectivity index (χ3v) is 4.56. The van der Waals surface area contributed by atoms with Crippen LogP contribution in [0, 0.1) is 18.3 Å². The molecule has 10 heteroatoms. The van der Waals surface area contributed by atoms with Gasteiger partial charge in [0.2, 0.25) is 0 Å². The van der Waals surface area contributed by atoms with Crippen LogP contribution in [-0.4, -0.2) is 40.1 Å². The predicted octanol–water partition coefficient (Wildman–Crippen LogP) is 1.78. The number of anilines is 1. The molecule has 0 aliphatic heterocycles. The molecule has 140 valence electrons. The minimum absolute atomic E-state index is 0.186. The standard InChI is InChI=1S/C18H17N9O/c1-4-26-11(2)13(10-22-26)15-5-6-20-16-7-14(24-27(15)16)18(28)23-17-12(8-19)9-21-25(17)3/h5-7,9-10H,4H2,1-3H3,(H,23,28). The quantitative estimate of drug-likeness (QED) is 0.581. The Balaban J connectivity index is 1.74. The number of rotatable bonds is 4. The van der Waals surface area contributed by atoms with Gasteiger partial charge in [-0.1, -0.05) is 0 Å². The molecule has 0 atom stereocenters. The molecule has 1 N–H and O–H groups in total. The maximum atomic E-state index is 12.7. The highest BCUT2D eigenvalue weighted by atomic mass is 16.2. The molecule has 4 heterocycles. The summed E-state index contributed by atoms with van der Waals surface area (Å²) in [6.07, 6.45) is 4.85. The third-order valence-electron chi connectivity index (χ3n) is 4.56. The van der Waals surface area contributed by atoms with Crippen molar-refractivity contribution in [3.63, 3.8) is 0 Å². The zero-order valence-electron chi connectivity index (χ0n) is 15.6. The van der Waals surface area contributed by atoms with Crippen LogP contribution in [0.1, 0.15) is 28.7 Å². The molecule has 28 heavy (non-hydrogen) atoms. The van der Waals surface area contributed by atoms with Crippen LogP contribution in [-0.2, 0) is 13.6 Å². The second kappa shape index (κ2) is 6.62. The lowest BCUT2D eigenvalue weighted by atomic mass is 10.2. The minimum Gasteiger partial charge on any atom is -0.304 e. The number of aromatic nitrogens is 7. The maximum Gasteiger partial charge on any atom is 0.277 e. The van der Waals surface area contributed by atoms with E-state index in [1.54, 1.807) is 30.0 Å². The van der Waals surface area contributed by atoms with Gasteiger partial charge in [-0.15, -0.1) is 0 Å². The summed E-state index contributed by atoms with van der Waals surface area (Å²) in [4.78, 5) is 17.0. The number of nitriles is 1. The van der Waals surface area contributed by atoms with E-state index in [9.17, 15) is 4.79 Å². The lowest BCUT2D eigenvalue weighted by Crippen LogP contribution is -2.16. The first-order chi connectivity index (χ1) is 13.5. The number of fused-ring (bicyclic) bond motifs is 1. The van der Waals surface area contributed by atoms with Crippen LogP contribution >= 0.6 is 0 Å². The van der Waals surface area contributed by atoms with Crippen molar-refractivity contribution in [2.75, 3.05) is 5.32 Å². The molecule has 0 aliphatic carbocycles. The molecule has 10 nitrogen and oxygen atoms in total. The number of amides is 1. The fourth-order valence-electron chi connectivity index (χ4n) is 3.07. The Labute approximate surface area is 160 Å². The summed E-state index contributed by atoms with van der Waals surface area (Å²) < 4.78 is 4.94. The number of hydrogen-bond donors (Lipinski definition) is 1. The van der Waals surface area contributed by atoms with Crippen LogP contribution < -0.4 is 5.32 Å². The van der Waals surface area contributed by atoms with Gasteiger partial charge >= 0.3 is 0 Å². The van der Waals surface area contributed by atoms with E-state index in [1.807, 2.05) is 30.7 Å². The SMILES string of the molecule is CCn1ncc(-c2ccnc3cc(C(=O)Nc4c(C#N)cnn4C)nn23)c1C. The van der Waals surface area contributed by atoms with Crippen molar-refractivity contribution in [2.45, 2.75) is 20.4 Å². The smallest absolute Gasteiger partial charge is 0.277 e. The van der Waals surface area contributed by atoms with Crippen LogP contribution in [0.3, 0.4) is 0 Å². The summed E-state index contributed by atoms with van der Waals surface area (Å²) in [6, 6.07) is 5.43. The summed E-state index contributed by atoms with van der Waals surface area (Å²) in [5, 5.41) is 24.6. The van der Waals surface area contributed by atoms with Crippen molar-refractivity contribution in [1.82, 2.24) is 34.2 Å². The molecule has 0 unspecified atom stereocenters. The largest absolute Gasteiger partial charge is 0.304 e. The van der Waals surface area contributed by atoms with E-state index in [-0.39, 0.29) is 11.3 Å². The molecule has 0 radical (unpaired) electrons. The Morgan fingerprint density at radius 3 is 2.86 bits per heavy atom. The lowest BCUT2D eigenvalue weighted by Gasteiger charge is -2.05. The van der Waals surface area contributed by atoms with Gasteiger partial charge in [0.25, 0.3) is 5.91 Å². The summed E-state index contributed by atoms with van der Waals surface area (Å²) in [5.41, 5.74) is 3.72. The molecule has 0 spiro atoms. The number of nitrogens with one attached hydrogen (secondary N) is 1. The van der Waals surface area contributed by atoms with Crippen LogP contribution in [0.5, 0.6) is 0 Å². The summed E-state index contributed by atoms with van der Waals surface area (Å²) in [6.45, 7) is 4.77. The molecule has 0 bridgehead atoms. The number of carbonyl (C=O) groups excluding carboxylic acids is 1. The van der Waals surface area contributed by atoms with Crippen molar-refractivity contribution in [3.8, 4) is 17.3 Å². The summed E-state index contributed by atoms with van der Waals surface area (Å²) >= 11 is 0. The third kappa shape index (κ3) is 2.69. The molecular formula is C18H17N9O. The summed E-state index contributed by atoms with van der Waals surface area (Å²) in [5.74, 6) is -0.129. The van der Waals surface area contributed by atoms with E-state index in [4.69, 9.17) is 5.26 Å². The van der Waals surface area contributed by atoms with Gasteiger partial charge in [0.15, 0.2) is 11.3 Å². The maximum absolute atomic E-state index is 12.7. The van der Waals surface area contributed by atoms with E-state index in [1.165, 1.54) is 10.9 Å². The molecular weight excluding hydrogens is 358 g/mol. The Morgan fingerprint density at radius 1 is 1.32 bits per heavy atom. The molecule has 4 aromatic rings. The highest BCUT2D eigenvalue weighted by Crippen LogP contribution is 2.24. The van der Waals surface area contributed by atoms with Crippen molar-refractivity contribution in [2.24, 2.45) is 7.05 Å². The van der Waals surface area contributed by atoms with Gasteiger partial charge in [0, 0.05) is 37.1 Å². The number of nitrogens with zero attached hydrogens (tertiary/aromatic N) is 8. The van der Waals surface area contributed by atoms with Gasteiger partial charge in [-0.25, -0.2) is 9.50 Å². The predicted molar refractivity (Wildman–Crippen MR) is 100 cm³/mol. The van der Waals surface area contributed by atoms with Crippen LogP contribution in [0.4, 0.5) is 5.82 Å². The van der Waals surface area contributed by atoms with Gasteiger partial charge in [-0.2, -0.15) is 20.6 Å². The molecule has 4 rings (SSSR count). The topological polar surface area (TPSA) is 119 Å². The molecule has 4 aromatic heterocycles. The van der Waals surface area contributed by atoms with Gasteiger partial charge in [-0.3, -0.25) is 14.2 Å². The normalized spacial score (nSPS) is 10.9. The molecule has 0 aromatic carbocycles. The average Bonchev–Trinajstić information content (AvgIpc) is 3.38. The molecule has 0 saturated heterocycles. The molecule has 0 fully saturated rings. The second-order valence-corrected chi connectivity index (χ2v) is 6.19. The average molecular weight is 375 g/mol. The zero-order valence-corrected chi connectivity index (χ0v) is 15.6. The van der Waals surface area contributed by atoms with Gasteiger partial charge in [0.1, 0.15) is 17.5 Å².